The molecule has 1 aromatic carbocycles. The molecule has 0 atom stereocenters. The first kappa shape index (κ1) is 11.6. The van der Waals surface area contributed by atoms with Crippen LogP contribution in [0.25, 0.3) is 11.0 Å². The van der Waals surface area contributed by atoms with Gasteiger partial charge < -0.3 is 0 Å². The molecule has 3 rings (SSSR count). The van der Waals surface area contributed by atoms with E-state index in [9.17, 15) is 0 Å². The van der Waals surface area contributed by atoms with Gasteiger partial charge in [-0.25, -0.2) is 15.4 Å². The fraction of sp³-hybridized carbons (Fsp3) is 0.154. The standard InChI is InChI=1S/C13H13N5O/c1-18-13-11(7-16-18)12(14-9-15-13)17-19-8-10-5-3-2-4-6-10/h2-7,9H,8H2,1H3,(H,14,15,17). The Balaban J connectivity index is 1.72. The molecule has 0 bridgehead atoms. The molecule has 2 aromatic heterocycles. The van der Waals surface area contributed by atoms with Crippen molar-refractivity contribution < 1.29 is 4.84 Å². The van der Waals surface area contributed by atoms with E-state index < -0.39 is 0 Å². The van der Waals surface area contributed by atoms with Crippen LogP contribution in [0.5, 0.6) is 0 Å². The highest BCUT2D eigenvalue weighted by Gasteiger charge is 2.07. The topological polar surface area (TPSA) is 64.9 Å². The van der Waals surface area contributed by atoms with Crippen LogP contribution in [0.2, 0.25) is 0 Å². The van der Waals surface area contributed by atoms with Crippen LogP contribution in [-0.4, -0.2) is 19.7 Å². The Kier molecular flexibility index (Phi) is 3.07. The number of hydrogen-bond donors (Lipinski definition) is 1. The molecule has 0 amide bonds. The van der Waals surface area contributed by atoms with E-state index in [0.29, 0.717) is 12.4 Å². The van der Waals surface area contributed by atoms with Gasteiger partial charge in [-0.05, 0) is 5.56 Å². The van der Waals surface area contributed by atoms with Crippen molar-refractivity contribution in [1.82, 2.24) is 19.7 Å². The van der Waals surface area contributed by atoms with Gasteiger partial charge in [0.1, 0.15) is 6.33 Å². The van der Waals surface area contributed by atoms with E-state index in [1.165, 1.54) is 6.33 Å². The van der Waals surface area contributed by atoms with Gasteiger partial charge in [0, 0.05) is 7.05 Å². The summed E-state index contributed by atoms with van der Waals surface area (Å²) in [6.45, 7) is 0.465. The van der Waals surface area contributed by atoms with Crippen LogP contribution in [0.15, 0.2) is 42.9 Å². The predicted molar refractivity (Wildman–Crippen MR) is 71.2 cm³/mol. The van der Waals surface area contributed by atoms with Gasteiger partial charge >= 0.3 is 0 Å². The van der Waals surface area contributed by atoms with Gasteiger partial charge in [-0.2, -0.15) is 5.10 Å². The maximum Gasteiger partial charge on any atom is 0.164 e. The largest absolute Gasteiger partial charge is 0.270 e. The number of rotatable bonds is 4. The fourth-order valence-electron chi connectivity index (χ4n) is 1.81. The van der Waals surface area contributed by atoms with Gasteiger partial charge in [-0.1, -0.05) is 30.3 Å². The SMILES string of the molecule is Cn1ncc2c(NOCc3ccccc3)ncnc21. The molecule has 96 valence electrons. The average molecular weight is 255 g/mol. The van der Waals surface area contributed by atoms with E-state index >= 15 is 0 Å². The minimum absolute atomic E-state index is 0.465. The molecular formula is C13H13N5O. The summed E-state index contributed by atoms with van der Waals surface area (Å²) in [6.07, 6.45) is 3.20. The molecule has 0 saturated heterocycles. The van der Waals surface area contributed by atoms with E-state index in [4.69, 9.17) is 4.84 Å². The molecule has 0 aliphatic rings. The van der Waals surface area contributed by atoms with Crippen molar-refractivity contribution in [1.29, 1.82) is 0 Å². The lowest BCUT2D eigenvalue weighted by Gasteiger charge is -2.06. The van der Waals surface area contributed by atoms with E-state index in [1.807, 2.05) is 37.4 Å². The van der Waals surface area contributed by atoms with Crippen molar-refractivity contribution in [3.05, 3.63) is 48.4 Å². The first-order valence-electron chi connectivity index (χ1n) is 5.89. The second-order valence-electron chi connectivity index (χ2n) is 4.10. The highest BCUT2D eigenvalue weighted by Crippen LogP contribution is 2.17. The molecule has 3 aromatic rings. The number of anilines is 1. The summed E-state index contributed by atoms with van der Waals surface area (Å²) in [4.78, 5) is 13.8. The Hall–Kier alpha value is -2.47. The van der Waals surface area contributed by atoms with Crippen molar-refractivity contribution in [2.45, 2.75) is 6.61 Å². The Morgan fingerprint density at radius 2 is 2.05 bits per heavy atom. The summed E-state index contributed by atoms with van der Waals surface area (Å²) in [6, 6.07) is 9.93. The molecule has 2 heterocycles. The summed E-state index contributed by atoms with van der Waals surface area (Å²) < 4.78 is 1.69. The van der Waals surface area contributed by atoms with Gasteiger partial charge in [0.25, 0.3) is 0 Å². The number of nitrogens with zero attached hydrogens (tertiary/aromatic N) is 4. The monoisotopic (exact) mass is 255 g/mol. The fourth-order valence-corrected chi connectivity index (χ4v) is 1.81. The van der Waals surface area contributed by atoms with Crippen LogP contribution in [0.3, 0.4) is 0 Å². The molecule has 0 aliphatic carbocycles. The smallest absolute Gasteiger partial charge is 0.164 e. The van der Waals surface area contributed by atoms with Crippen LogP contribution >= 0.6 is 0 Å². The zero-order valence-electron chi connectivity index (χ0n) is 10.4. The number of fused-ring (bicyclic) bond motifs is 1. The van der Waals surface area contributed by atoms with Gasteiger partial charge in [-0.3, -0.25) is 9.52 Å². The van der Waals surface area contributed by atoms with E-state index in [-0.39, 0.29) is 0 Å². The van der Waals surface area contributed by atoms with E-state index in [0.717, 1.165) is 16.6 Å². The van der Waals surface area contributed by atoms with Crippen LogP contribution in [0.1, 0.15) is 5.56 Å². The predicted octanol–water partition coefficient (Wildman–Crippen LogP) is 1.91. The van der Waals surface area contributed by atoms with Crippen molar-refractivity contribution >= 4 is 16.9 Å². The summed E-state index contributed by atoms with van der Waals surface area (Å²) >= 11 is 0. The van der Waals surface area contributed by atoms with E-state index in [1.54, 1.807) is 10.9 Å². The number of aryl methyl sites for hydroxylation is 1. The molecule has 6 nitrogen and oxygen atoms in total. The molecule has 0 aliphatic heterocycles. The third-order valence-electron chi connectivity index (χ3n) is 2.78. The molecule has 0 radical (unpaired) electrons. The summed E-state index contributed by atoms with van der Waals surface area (Å²) in [7, 11) is 1.84. The molecule has 1 N–H and O–H groups in total. The molecule has 0 fully saturated rings. The van der Waals surface area contributed by atoms with Crippen molar-refractivity contribution in [3.8, 4) is 0 Å². The Morgan fingerprint density at radius 1 is 1.21 bits per heavy atom. The molecular weight excluding hydrogens is 242 g/mol. The maximum atomic E-state index is 5.45. The van der Waals surface area contributed by atoms with Crippen molar-refractivity contribution in [2.24, 2.45) is 7.05 Å². The highest BCUT2D eigenvalue weighted by molar-refractivity contribution is 5.85. The number of hydrogen-bond acceptors (Lipinski definition) is 5. The molecule has 0 unspecified atom stereocenters. The normalized spacial score (nSPS) is 10.8. The van der Waals surface area contributed by atoms with Gasteiger partial charge in [0.2, 0.25) is 0 Å². The van der Waals surface area contributed by atoms with Crippen LogP contribution in [0, 0.1) is 0 Å². The van der Waals surface area contributed by atoms with Gasteiger partial charge in [0.15, 0.2) is 11.5 Å². The van der Waals surface area contributed by atoms with E-state index in [2.05, 4.69) is 20.5 Å². The molecule has 0 saturated carbocycles. The minimum atomic E-state index is 0.465. The zero-order valence-corrected chi connectivity index (χ0v) is 10.4. The first-order valence-corrected chi connectivity index (χ1v) is 5.89. The molecule has 0 spiro atoms. The van der Waals surface area contributed by atoms with Crippen LogP contribution < -0.4 is 5.48 Å². The lowest BCUT2D eigenvalue weighted by atomic mass is 10.2. The average Bonchev–Trinajstić information content (AvgIpc) is 2.83. The van der Waals surface area contributed by atoms with Gasteiger partial charge in [-0.15, -0.1) is 0 Å². The molecule has 6 heteroatoms. The second-order valence-corrected chi connectivity index (χ2v) is 4.10. The minimum Gasteiger partial charge on any atom is -0.270 e. The third-order valence-corrected chi connectivity index (χ3v) is 2.78. The summed E-state index contributed by atoms with van der Waals surface area (Å²) in [5.41, 5.74) is 4.70. The Morgan fingerprint density at radius 3 is 2.89 bits per heavy atom. The quantitative estimate of drug-likeness (QED) is 0.721. The number of nitrogens with one attached hydrogen (secondary N) is 1. The summed E-state index contributed by atoms with van der Waals surface area (Å²) in [5.74, 6) is 0.619. The number of benzene rings is 1. The number of aromatic nitrogens is 4. The van der Waals surface area contributed by atoms with Crippen molar-refractivity contribution in [3.63, 3.8) is 0 Å². The highest BCUT2D eigenvalue weighted by atomic mass is 16.6. The maximum absolute atomic E-state index is 5.45. The Bertz CT molecular complexity index is 680. The lowest BCUT2D eigenvalue weighted by Crippen LogP contribution is -2.04. The second kappa shape index (κ2) is 5.03. The Labute approximate surface area is 110 Å². The third kappa shape index (κ3) is 2.38. The molecule has 19 heavy (non-hydrogen) atoms. The van der Waals surface area contributed by atoms with Crippen molar-refractivity contribution in [2.75, 3.05) is 5.48 Å². The first-order chi connectivity index (χ1) is 9.34. The van der Waals surface area contributed by atoms with Gasteiger partial charge in [0.05, 0.1) is 18.2 Å². The van der Waals surface area contributed by atoms with Crippen LogP contribution in [-0.2, 0) is 18.5 Å². The van der Waals surface area contributed by atoms with Crippen LogP contribution in [0.4, 0.5) is 5.82 Å². The zero-order chi connectivity index (χ0) is 13.1. The summed E-state index contributed by atoms with van der Waals surface area (Å²) in [5, 5.41) is 4.97. The lowest BCUT2D eigenvalue weighted by molar-refractivity contribution is 0.179.